The smallest absolute Gasteiger partial charge is 0.341 e. The van der Waals surface area contributed by atoms with Gasteiger partial charge in [0.25, 0.3) is 0 Å². The molecule has 0 N–H and O–H groups in total. The van der Waals surface area contributed by atoms with Crippen molar-refractivity contribution in [2.45, 2.75) is 33.1 Å². The molecule has 0 radical (unpaired) electrons. The minimum Gasteiger partial charge on any atom is -0.462 e. The predicted molar refractivity (Wildman–Crippen MR) is 119 cm³/mol. The third-order valence-electron chi connectivity index (χ3n) is 5.07. The molecule has 0 aliphatic rings. The zero-order valence-corrected chi connectivity index (χ0v) is 17.7. The van der Waals surface area contributed by atoms with Crippen molar-refractivity contribution in [2.24, 2.45) is 0 Å². The molecule has 5 heteroatoms. The van der Waals surface area contributed by atoms with Crippen LogP contribution in [-0.4, -0.2) is 27.2 Å². The van der Waals surface area contributed by atoms with Gasteiger partial charge in [-0.05, 0) is 17.9 Å². The fourth-order valence-corrected chi connectivity index (χ4v) is 3.45. The van der Waals surface area contributed by atoms with Crippen molar-refractivity contribution in [2.75, 3.05) is 6.61 Å². The van der Waals surface area contributed by atoms with E-state index in [4.69, 9.17) is 9.84 Å². The van der Waals surface area contributed by atoms with E-state index < -0.39 is 5.97 Å². The van der Waals surface area contributed by atoms with Crippen molar-refractivity contribution >= 4 is 11.6 Å². The van der Waals surface area contributed by atoms with Gasteiger partial charge in [0, 0.05) is 23.4 Å². The number of fused-ring (bicyclic) bond motifs is 1. The molecule has 4 aromatic rings. The van der Waals surface area contributed by atoms with Crippen LogP contribution in [0.3, 0.4) is 0 Å². The number of carbonyl (C=O) groups excluding carboxylic acids is 1. The number of benzene rings is 2. The van der Waals surface area contributed by atoms with Gasteiger partial charge in [0.05, 0.1) is 18.0 Å². The number of rotatable bonds is 4. The SMILES string of the molecule is CCOC(=O)c1cnc2cc(-c3ccc(C(C)(C)C)cc3)nn2c1-c1ccccc1. The van der Waals surface area contributed by atoms with Gasteiger partial charge < -0.3 is 4.74 Å². The van der Waals surface area contributed by atoms with E-state index in [1.54, 1.807) is 17.6 Å². The average molecular weight is 399 g/mol. The van der Waals surface area contributed by atoms with Gasteiger partial charge in [0.2, 0.25) is 0 Å². The van der Waals surface area contributed by atoms with E-state index in [1.807, 2.05) is 36.4 Å². The first kappa shape index (κ1) is 19.8. The van der Waals surface area contributed by atoms with Crippen LogP contribution in [0, 0.1) is 0 Å². The van der Waals surface area contributed by atoms with E-state index in [0.717, 1.165) is 16.8 Å². The molecule has 0 saturated heterocycles. The molecule has 0 fully saturated rings. The fraction of sp³-hybridized carbons (Fsp3) is 0.240. The molecule has 4 rings (SSSR count). The van der Waals surface area contributed by atoms with Crippen molar-refractivity contribution in [1.29, 1.82) is 0 Å². The van der Waals surface area contributed by atoms with Crippen LogP contribution in [0.4, 0.5) is 0 Å². The summed E-state index contributed by atoms with van der Waals surface area (Å²) < 4.78 is 6.99. The molecule has 0 amide bonds. The maximum Gasteiger partial charge on any atom is 0.341 e. The fourth-order valence-electron chi connectivity index (χ4n) is 3.45. The summed E-state index contributed by atoms with van der Waals surface area (Å²) >= 11 is 0. The molecule has 2 heterocycles. The van der Waals surface area contributed by atoms with Gasteiger partial charge in [-0.2, -0.15) is 5.10 Å². The summed E-state index contributed by atoms with van der Waals surface area (Å²) in [6, 6.07) is 20.1. The number of nitrogens with zero attached hydrogens (tertiary/aromatic N) is 3. The van der Waals surface area contributed by atoms with E-state index in [9.17, 15) is 4.79 Å². The first-order valence-electron chi connectivity index (χ1n) is 10.1. The van der Waals surface area contributed by atoms with Gasteiger partial charge >= 0.3 is 5.97 Å². The molecular weight excluding hydrogens is 374 g/mol. The van der Waals surface area contributed by atoms with E-state index in [0.29, 0.717) is 23.5 Å². The Balaban J connectivity index is 1.87. The summed E-state index contributed by atoms with van der Waals surface area (Å²) in [5, 5.41) is 4.80. The highest BCUT2D eigenvalue weighted by atomic mass is 16.5. The largest absolute Gasteiger partial charge is 0.462 e. The van der Waals surface area contributed by atoms with Crippen LogP contribution in [0.2, 0.25) is 0 Å². The molecule has 30 heavy (non-hydrogen) atoms. The van der Waals surface area contributed by atoms with Crippen molar-refractivity contribution < 1.29 is 9.53 Å². The Morgan fingerprint density at radius 1 is 1.00 bits per heavy atom. The van der Waals surface area contributed by atoms with Gasteiger partial charge in [-0.1, -0.05) is 75.4 Å². The van der Waals surface area contributed by atoms with E-state index in [1.165, 1.54) is 5.56 Å². The Morgan fingerprint density at radius 3 is 2.33 bits per heavy atom. The van der Waals surface area contributed by atoms with Gasteiger partial charge in [-0.3, -0.25) is 0 Å². The summed E-state index contributed by atoms with van der Waals surface area (Å²) in [4.78, 5) is 17.1. The molecule has 2 aromatic heterocycles. The molecule has 0 unspecified atom stereocenters. The molecule has 152 valence electrons. The number of hydrogen-bond acceptors (Lipinski definition) is 4. The number of esters is 1. The molecule has 0 atom stereocenters. The Hall–Kier alpha value is -3.47. The van der Waals surface area contributed by atoms with E-state index in [2.05, 4.69) is 50.0 Å². The predicted octanol–water partition coefficient (Wildman–Crippen LogP) is 5.54. The normalized spacial score (nSPS) is 11.6. The zero-order chi connectivity index (χ0) is 21.3. The molecular formula is C25H25N3O2. The topological polar surface area (TPSA) is 56.5 Å². The quantitative estimate of drug-likeness (QED) is 0.423. The van der Waals surface area contributed by atoms with E-state index >= 15 is 0 Å². The molecule has 2 aromatic carbocycles. The van der Waals surface area contributed by atoms with Gasteiger partial charge in [0.1, 0.15) is 5.56 Å². The molecule has 0 aliphatic heterocycles. The summed E-state index contributed by atoms with van der Waals surface area (Å²) in [6.45, 7) is 8.68. The van der Waals surface area contributed by atoms with Crippen LogP contribution < -0.4 is 0 Å². The van der Waals surface area contributed by atoms with Crippen LogP contribution in [0.15, 0.2) is 66.9 Å². The van der Waals surface area contributed by atoms with Crippen LogP contribution >= 0.6 is 0 Å². The molecule has 0 saturated carbocycles. The minimum atomic E-state index is -0.405. The van der Waals surface area contributed by atoms with Gasteiger partial charge in [-0.15, -0.1) is 0 Å². The van der Waals surface area contributed by atoms with Gasteiger partial charge in [0.15, 0.2) is 5.65 Å². The van der Waals surface area contributed by atoms with Crippen molar-refractivity contribution in [3.8, 4) is 22.5 Å². The Kier molecular flexibility index (Phi) is 5.12. The second-order valence-electron chi connectivity index (χ2n) is 8.23. The standard InChI is InChI=1S/C25H25N3O2/c1-5-30-24(29)20-16-26-22-15-21(17-11-13-19(14-12-17)25(2,3)4)27-28(22)23(20)18-9-7-6-8-10-18/h6-16H,5H2,1-4H3. The highest BCUT2D eigenvalue weighted by molar-refractivity contribution is 5.96. The molecule has 5 nitrogen and oxygen atoms in total. The summed E-state index contributed by atoms with van der Waals surface area (Å²) in [5.41, 5.74) is 5.80. The van der Waals surface area contributed by atoms with Crippen molar-refractivity contribution in [3.05, 3.63) is 78.0 Å². The summed E-state index contributed by atoms with van der Waals surface area (Å²) in [5.74, 6) is -0.405. The van der Waals surface area contributed by atoms with Crippen molar-refractivity contribution in [3.63, 3.8) is 0 Å². The third kappa shape index (κ3) is 3.71. The van der Waals surface area contributed by atoms with Crippen LogP contribution in [-0.2, 0) is 10.2 Å². The third-order valence-corrected chi connectivity index (χ3v) is 5.07. The second kappa shape index (κ2) is 7.75. The highest BCUT2D eigenvalue weighted by Gasteiger charge is 2.20. The average Bonchev–Trinajstić information content (AvgIpc) is 3.17. The highest BCUT2D eigenvalue weighted by Crippen LogP contribution is 2.29. The molecule has 0 spiro atoms. The number of carbonyl (C=O) groups is 1. The molecule has 0 bridgehead atoms. The Morgan fingerprint density at radius 2 is 1.70 bits per heavy atom. The van der Waals surface area contributed by atoms with Crippen molar-refractivity contribution in [1.82, 2.24) is 14.6 Å². The lowest BCUT2D eigenvalue weighted by Gasteiger charge is -2.18. The minimum absolute atomic E-state index is 0.0913. The monoisotopic (exact) mass is 399 g/mol. The lowest BCUT2D eigenvalue weighted by Crippen LogP contribution is -2.11. The summed E-state index contributed by atoms with van der Waals surface area (Å²) in [7, 11) is 0. The van der Waals surface area contributed by atoms with Gasteiger partial charge in [-0.25, -0.2) is 14.3 Å². The maximum absolute atomic E-state index is 12.6. The lowest BCUT2D eigenvalue weighted by molar-refractivity contribution is 0.0526. The summed E-state index contributed by atoms with van der Waals surface area (Å²) in [6.07, 6.45) is 1.57. The first-order chi connectivity index (χ1) is 14.4. The number of ether oxygens (including phenoxy) is 1. The van der Waals surface area contributed by atoms with Crippen LogP contribution in [0.1, 0.15) is 43.6 Å². The lowest BCUT2D eigenvalue weighted by atomic mass is 9.86. The Bertz CT molecular complexity index is 1190. The number of aromatic nitrogens is 3. The van der Waals surface area contributed by atoms with E-state index in [-0.39, 0.29) is 5.41 Å². The maximum atomic E-state index is 12.6. The Labute approximate surface area is 176 Å². The van der Waals surface area contributed by atoms with Crippen LogP contribution in [0.25, 0.3) is 28.2 Å². The number of hydrogen-bond donors (Lipinski definition) is 0. The first-order valence-corrected chi connectivity index (χ1v) is 10.1. The zero-order valence-electron chi connectivity index (χ0n) is 17.7. The second-order valence-corrected chi connectivity index (χ2v) is 8.23. The van der Waals surface area contributed by atoms with Crippen LogP contribution in [0.5, 0.6) is 0 Å². The molecule has 0 aliphatic carbocycles.